The Morgan fingerprint density at radius 1 is 0.812 bits per heavy atom. The second-order valence-corrected chi connectivity index (χ2v) is 6.88. The molecule has 0 aliphatic carbocycles. The van der Waals surface area contributed by atoms with Crippen molar-refractivity contribution in [2.24, 2.45) is 0 Å². The molecular formula is C25H25NO6. The maximum Gasteiger partial charge on any atom is 0.340 e. The Morgan fingerprint density at radius 2 is 1.41 bits per heavy atom. The summed E-state index contributed by atoms with van der Waals surface area (Å²) in [4.78, 5) is 25.0. The van der Waals surface area contributed by atoms with Gasteiger partial charge in [0, 0.05) is 12.1 Å². The molecule has 0 aliphatic rings. The van der Waals surface area contributed by atoms with Gasteiger partial charge < -0.3 is 24.3 Å². The van der Waals surface area contributed by atoms with Crippen LogP contribution in [-0.4, -0.2) is 39.3 Å². The minimum atomic E-state index is -0.823. The minimum absolute atomic E-state index is 0.137. The molecule has 0 saturated heterocycles. The van der Waals surface area contributed by atoms with Gasteiger partial charge >= 0.3 is 5.97 Å². The van der Waals surface area contributed by atoms with Crippen LogP contribution < -0.4 is 19.5 Å². The molecule has 0 saturated carbocycles. The molecule has 0 radical (unpaired) electrons. The van der Waals surface area contributed by atoms with Crippen LogP contribution in [-0.2, 0) is 9.53 Å². The molecule has 0 spiro atoms. The molecule has 0 aromatic heterocycles. The average molecular weight is 435 g/mol. The first-order valence-electron chi connectivity index (χ1n) is 9.94. The highest BCUT2D eigenvalue weighted by Gasteiger charge is 2.22. The topological polar surface area (TPSA) is 83.1 Å². The molecule has 0 aliphatic heterocycles. The van der Waals surface area contributed by atoms with Crippen LogP contribution in [0.25, 0.3) is 11.1 Å². The van der Waals surface area contributed by atoms with Crippen LogP contribution in [0.2, 0.25) is 0 Å². The predicted octanol–water partition coefficient (Wildman–Crippen LogP) is 4.56. The third-order valence-electron chi connectivity index (χ3n) is 4.83. The average Bonchev–Trinajstić information content (AvgIpc) is 2.84. The van der Waals surface area contributed by atoms with Crippen molar-refractivity contribution >= 4 is 17.6 Å². The lowest BCUT2D eigenvalue weighted by atomic mass is 10.1. The smallest absolute Gasteiger partial charge is 0.340 e. The van der Waals surface area contributed by atoms with E-state index in [1.807, 2.05) is 54.6 Å². The molecule has 0 fully saturated rings. The monoisotopic (exact) mass is 435 g/mol. The lowest BCUT2D eigenvalue weighted by Gasteiger charge is -2.18. The summed E-state index contributed by atoms with van der Waals surface area (Å²) in [6.45, 7) is 1.62. The van der Waals surface area contributed by atoms with Crippen molar-refractivity contribution in [2.45, 2.75) is 13.0 Å². The Bertz CT molecular complexity index is 1080. The summed E-state index contributed by atoms with van der Waals surface area (Å²) < 4.78 is 21.1. The van der Waals surface area contributed by atoms with Gasteiger partial charge in [0.05, 0.1) is 32.6 Å². The van der Waals surface area contributed by atoms with Gasteiger partial charge in [-0.1, -0.05) is 42.5 Å². The fourth-order valence-electron chi connectivity index (χ4n) is 3.11. The number of methoxy groups -OCH3 is 3. The molecule has 1 atom stereocenters. The van der Waals surface area contributed by atoms with Gasteiger partial charge in [0.2, 0.25) is 0 Å². The molecule has 166 valence electrons. The first kappa shape index (κ1) is 22.7. The highest BCUT2D eigenvalue weighted by atomic mass is 16.5. The third kappa shape index (κ3) is 5.18. The van der Waals surface area contributed by atoms with Crippen molar-refractivity contribution in [1.82, 2.24) is 0 Å². The number of hydrogen-bond acceptors (Lipinski definition) is 6. The Labute approximate surface area is 186 Å². The van der Waals surface area contributed by atoms with Crippen LogP contribution in [0, 0.1) is 0 Å². The molecule has 7 heteroatoms. The number of ether oxygens (including phenoxy) is 4. The molecular weight excluding hydrogens is 410 g/mol. The van der Waals surface area contributed by atoms with Crippen molar-refractivity contribution in [2.75, 3.05) is 26.6 Å². The molecule has 1 amide bonds. The Balaban J connectivity index is 1.74. The summed E-state index contributed by atoms with van der Waals surface area (Å²) in [6.07, 6.45) is -0.823. The zero-order valence-electron chi connectivity index (χ0n) is 18.4. The Morgan fingerprint density at radius 3 is 2.00 bits per heavy atom. The first-order chi connectivity index (χ1) is 15.5. The number of hydrogen-bond donors (Lipinski definition) is 1. The van der Waals surface area contributed by atoms with Crippen molar-refractivity contribution in [3.63, 3.8) is 0 Å². The normalized spacial score (nSPS) is 11.2. The molecule has 32 heavy (non-hydrogen) atoms. The number of carbonyl (C=O) groups is 2. The zero-order valence-corrected chi connectivity index (χ0v) is 18.4. The maximum atomic E-state index is 12.8. The SMILES string of the molecule is COC(=O)c1cc(OC)c(OC)cc1NC(=O)C(C)Oc1ccc(-c2ccccc2)cc1. The highest BCUT2D eigenvalue weighted by Crippen LogP contribution is 2.34. The second-order valence-electron chi connectivity index (χ2n) is 6.88. The van der Waals surface area contributed by atoms with Gasteiger partial charge in [-0.05, 0) is 30.2 Å². The summed E-state index contributed by atoms with van der Waals surface area (Å²) in [5.74, 6) is 0.197. The van der Waals surface area contributed by atoms with E-state index in [1.165, 1.54) is 33.5 Å². The number of nitrogens with one attached hydrogen (secondary N) is 1. The fraction of sp³-hybridized carbons (Fsp3) is 0.200. The van der Waals surface area contributed by atoms with E-state index >= 15 is 0 Å². The largest absolute Gasteiger partial charge is 0.493 e. The van der Waals surface area contributed by atoms with Crippen LogP contribution in [0.3, 0.4) is 0 Å². The molecule has 7 nitrogen and oxygen atoms in total. The Hall–Kier alpha value is -4.00. The van der Waals surface area contributed by atoms with Gasteiger partial charge in [-0.15, -0.1) is 0 Å². The molecule has 0 heterocycles. The number of esters is 1. The van der Waals surface area contributed by atoms with Gasteiger partial charge in [0.25, 0.3) is 5.91 Å². The highest BCUT2D eigenvalue weighted by molar-refractivity contribution is 6.03. The molecule has 3 aromatic rings. The minimum Gasteiger partial charge on any atom is -0.493 e. The molecule has 1 N–H and O–H groups in total. The Kier molecular flexibility index (Phi) is 7.33. The van der Waals surface area contributed by atoms with E-state index in [9.17, 15) is 9.59 Å². The van der Waals surface area contributed by atoms with E-state index in [2.05, 4.69) is 5.32 Å². The summed E-state index contributed by atoms with van der Waals surface area (Å²) in [5, 5.41) is 2.71. The van der Waals surface area contributed by atoms with E-state index in [0.29, 0.717) is 17.2 Å². The van der Waals surface area contributed by atoms with Crippen molar-refractivity contribution in [3.05, 3.63) is 72.3 Å². The van der Waals surface area contributed by atoms with Gasteiger partial charge in [-0.2, -0.15) is 0 Å². The summed E-state index contributed by atoms with van der Waals surface area (Å²) in [7, 11) is 4.18. The van der Waals surface area contributed by atoms with E-state index in [-0.39, 0.29) is 11.3 Å². The summed E-state index contributed by atoms with van der Waals surface area (Å²) in [6, 6.07) is 20.4. The summed E-state index contributed by atoms with van der Waals surface area (Å²) >= 11 is 0. The molecule has 3 aromatic carbocycles. The molecule has 0 bridgehead atoms. The van der Waals surface area contributed by atoms with E-state index in [1.54, 1.807) is 6.92 Å². The number of rotatable bonds is 8. The first-order valence-corrected chi connectivity index (χ1v) is 9.94. The van der Waals surface area contributed by atoms with Crippen LogP contribution in [0.1, 0.15) is 17.3 Å². The van der Waals surface area contributed by atoms with Crippen LogP contribution >= 0.6 is 0 Å². The lowest BCUT2D eigenvalue weighted by molar-refractivity contribution is -0.122. The third-order valence-corrected chi connectivity index (χ3v) is 4.83. The second kappa shape index (κ2) is 10.3. The van der Waals surface area contributed by atoms with Crippen molar-refractivity contribution < 1.29 is 28.5 Å². The lowest BCUT2D eigenvalue weighted by Crippen LogP contribution is -2.30. The predicted molar refractivity (Wildman–Crippen MR) is 121 cm³/mol. The van der Waals surface area contributed by atoms with Crippen LogP contribution in [0.4, 0.5) is 5.69 Å². The summed E-state index contributed by atoms with van der Waals surface area (Å²) in [5.41, 5.74) is 2.50. The van der Waals surface area contributed by atoms with Crippen molar-refractivity contribution in [1.29, 1.82) is 0 Å². The molecule has 3 rings (SSSR count). The van der Waals surface area contributed by atoms with E-state index in [4.69, 9.17) is 18.9 Å². The number of carbonyl (C=O) groups excluding carboxylic acids is 2. The van der Waals surface area contributed by atoms with Gasteiger partial charge in [-0.3, -0.25) is 4.79 Å². The van der Waals surface area contributed by atoms with E-state index < -0.39 is 18.0 Å². The molecule has 1 unspecified atom stereocenters. The standard InChI is InChI=1S/C25H25NO6/c1-16(32-19-12-10-18(11-13-19)17-8-6-5-7-9-17)24(27)26-21-15-23(30-3)22(29-2)14-20(21)25(28)31-4/h5-16H,1-4H3,(H,26,27). The van der Waals surface area contributed by atoms with Crippen LogP contribution in [0.5, 0.6) is 17.2 Å². The van der Waals surface area contributed by atoms with E-state index in [0.717, 1.165) is 11.1 Å². The van der Waals surface area contributed by atoms with Gasteiger partial charge in [-0.25, -0.2) is 4.79 Å². The quantitative estimate of drug-likeness (QED) is 0.522. The fourth-order valence-corrected chi connectivity index (χ4v) is 3.11. The van der Waals surface area contributed by atoms with Crippen LogP contribution in [0.15, 0.2) is 66.7 Å². The number of anilines is 1. The number of amides is 1. The van der Waals surface area contributed by atoms with Crippen molar-refractivity contribution in [3.8, 4) is 28.4 Å². The van der Waals surface area contributed by atoms with Gasteiger partial charge in [0.15, 0.2) is 17.6 Å². The van der Waals surface area contributed by atoms with Gasteiger partial charge in [0.1, 0.15) is 5.75 Å². The zero-order chi connectivity index (χ0) is 23.1. The maximum absolute atomic E-state index is 12.8. The number of benzene rings is 3.